The highest BCUT2D eigenvalue weighted by Gasteiger charge is 2.30. The van der Waals surface area contributed by atoms with E-state index in [1.165, 1.54) is 250 Å². The Balaban J connectivity index is 5.26. The van der Waals surface area contributed by atoms with Gasteiger partial charge in [-0.05, 0) is 43.4 Å². The molecule has 0 aromatic carbocycles. The minimum atomic E-state index is -4.97. The smallest absolute Gasteiger partial charge is 0.462 e. The van der Waals surface area contributed by atoms with E-state index < -0.39 is 97.5 Å². The van der Waals surface area contributed by atoms with Gasteiger partial charge in [0.2, 0.25) is 0 Å². The Morgan fingerprint density at radius 1 is 0.282 bits per heavy atom. The van der Waals surface area contributed by atoms with Crippen molar-refractivity contribution in [2.75, 3.05) is 39.6 Å². The number of aliphatic hydroxyl groups excluding tert-OH is 1. The summed E-state index contributed by atoms with van der Waals surface area (Å²) in [5.41, 5.74) is 0. The van der Waals surface area contributed by atoms with Crippen molar-refractivity contribution in [3.63, 3.8) is 0 Å². The van der Waals surface area contributed by atoms with Crippen LogP contribution in [0.3, 0.4) is 0 Å². The molecule has 0 rings (SSSR count). The predicted octanol–water partition coefficient (Wildman–Crippen LogP) is 25.3. The van der Waals surface area contributed by atoms with E-state index in [0.29, 0.717) is 25.7 Å². The van der Waals surface area contributed by atoms with Gasteiger partial charge in [0.15, 0.2) is 12.2 Å². The maximum absolute atomic E-state index is 13.1. The van der Waals surface area contributed by atoms with Crippen LogP contribution in [0.5, 0.6) is 0 Å². The molecule has 17 nitrogen and oxygen atoms in total. The van der Waals surface area contributed by atoms with Gasteiger partial charge in [-0.25, -0.2) is 9.13 Å². The molecule has 3 N–H and O–H groups in total. The van der Waals surface area contributed by atoms with Crippen molar-refractivity contribution < 1.29 is 80.2 Å². The van der Waals surface area contributed by atoms with Gasteiger partial charge in [0.1, 0.15) is 19.3 Å². The second-order valence-corrected chi connectivity index (χ2v) is 34.3. The van der Waals surface area contributed by atoms with Crippen molar-refractivity contribution in [3.05, 3.63) is 0 Å². The van der Waals surface area contributed by atoms with Gasteiger partial charge >= 0.3 is 39.5 Å². The molecular formula is C84H164O17P2. The lowest BCUT2D eigenvalue weighted by Crippen LogP contribution is -2.30. The second kappa shape index (κ2) is 74.2. The highest BCUT2D eigenvalue weighted by atomic mass is 31.2. The lowest BCUT2D eigenvalue weighted by molar-refractivity contribution is -0.161. The maximum atomic E-state index is 13.1. The van der Waals surface area contributed by atoms with Gasteiger partial charge in [0.05, 0.1) is 26.4 Å². The van der Waals surface area contributed by atoms with Crippen LogP contribution in [0.4, 0.5) is 0 Å². The highest BCUT2D eigenvalue weighted by Crippen LogP contribution is 2.45. The van der Waals surface area contributed by atoms with Crippen molar-refractivity contribution in [2.45, 2.75) is 458 Å². The van der Waals surface area contributed by atoms with Crippen LogP contribution in [0.1, 0.15) is 440 Å². The topological polar surface area (TPSA) is 237 Å². The summed E-state index contributed by atoms with van der Waals surface area (Å²) < 4.78 is 68.9. The molecule has 612 valence electrons. The average molecular weight is 1510 g/mol. The quantitative estimate of drug-likeness (QED) is 0.0222. The summed E-state index contributed by atoms with van der Waals surface area (Å²) in [7, 11) is -9.93. The number of phosphoric ester groups is 2. The number of hydrogen-bond acceptors (Lipinski definition) is 15. The van der Waals surface area contributed by atoms with Gasteiger partial charge < -0.3 is 33.8 Å². The molecular weight excluding hydrogens is 1340 g/mol. The molecule has 0 aliphatic heterocycles. The second-order valence-electron chi connectivity index (χ2n) is 31.4. The molecule has 0 aromatic heterocycles. The van der Waals surface area contributed by atoms with E-state index >= 15 is 0 Å². The summed E-state index contributed by atoms with van der Waals surface area (Å²) in [6.45, 7) is 12.0. The molecule has 0 radical (unpaired) electrons. The van der Waals surface area contributed by atoms with Crippen LogP contribution in [0.15, 0.2) is 0 Å². The van der Waals surface area contributed by atoms with Crippen molar-refractivity contribution in [1.82, 2.24) is 0 Å². The molecule has 0 aromatic rings. The largest absolute Gasteiger partial charge is 0.472 e. The summed E-state index contributed by atoms with van der Waals surface area (Å²) in [4.78, 5) is 73.2. The fraction of sp³-hybridized carbons (Fsp3) is 0.952. The lowest BCUT2D eigenvalue weighted by atomic mass is 9.99. The molecule has 3 unspecified atom stereocenters. The molecule has 0 aliphatic rings. The van der Waals surface area contributed by atoms with Crippen LogP contribution < -0.4 is 0 Å². The average Bonchev–Trinajstić information content (AvgIpc) is 0.916. The number of esters is 4. The monoisotopic (exact) mass is 1510 g/mol. The normalized spacial score (nSPS) is 14.2. The third kappa shape index (κ3) is 76.6. The van der Waals surface area contributed by atoms with Gasteiger partial charge in [-0.3, -0.25) is 37.3 Å². The van der Waals surface area contributed by atoms with Crippen LogP contribution in [-0.4, -0.2) is 96.7 Å². The zero-order valence-corrected chi connectivity index (χ0v) is 69.6. The number of aliphatic hydroxyl groups is 1. The molecule has 103 heavy (non-hydrogen) atoms. The van der Waals surface area contributed by atoms with E-state index in [-0.39, 0.29) is 25.7 Å². The van der Waals surface area contributed by atoms with Crippen molar-refractivity contribution >= 4 is 39.5 Å². The first kappa shape index (κ1) is 101. The Hall–Kier alpha value is -1.94. The number of rotatable bonds is 82. The first-order valence-corrected chi connectivity index (χ1v) is 46.4. The summed E-state index contributed by atoms with van der Waals surface area (Å²) in [6.07, 6.45) is 63.8. The van der Waals surface area contributed by atoms with Crippen LogP contribution >= 0.6 is 15.6 Å². The first-order chi connectivity index (χ1) is 49.8. The van der Waals surface area contributed by atoms with E-state index in [1.54, 1.807) is 0 Å². The van der Waals surface area contributed by atoms with Crippen molar-refractivity contribution in [3.8, 4) is 0 Å². The SMILES string of the molecule is CCCCCCCCCCCCCCCCCCCCCC(=O)O[C@H](COC(=O)CCCCCCCCCCCCCCCCC(C)CC)COP(=O)(O)OC[C@@H](O)COP(=O)(O)OC[C@@H](COC(=O)CCCCCCCCCCCC(C)C)OC(=O)CCCCCCCCCCCCCC(C)C. The number of phosphoric acid groups is 2. The molecule has 0 spiro atoms. The van der Waals surface area contributed by atoms with Gasteiger partial charge in [-0.2, -0.15) is 0 Å². The molecule has 0 saturated heterocycles. The van der Waals surface area contributed by atoms with E-state index in [9.17, 15) is 43.2 Å². The van der Waals surface area contributed by atoms with Crippen molar-refractivity contribution in [2.24, 2.45) is 17.8 Å². The zero-order chi connectivity index (χ0) is 75.8. The number of hydrogen-bond donors (Lipinski definition) is 3. The predicted molar refractivity (Wildman–Crippen MR) is 423 cm³/mol. The molecule has 0 aliphatic carbocycles. The van der Waals surface area contributed by atoms with Crippen LogP contribution in [0.2, 0.25) is 0 Å². The molecule has 19 heteroatoms. The summed E-state index contributed by atoms with van der Waals surface area (Å²) >= 11 is 0. The number of carbonyl (C=O) groups excluding carboxylic acids is 4. The van der Waals surface area contributed by atoms with Crippen LogP contribution in [0.25, 0.3) is 0 Å². The minimum absolute atomic E-state index is 0.106. The summed E-state index contributed by atoms with van der Waals surface area (Å²) in [5, 5.41) is 10.7. The lowest BCUT2D eigenvalue weighted by Gasteiger charge is -2.21. The molecule has 6 atom stereocenters. The standard InChI is InChI=1S/C84H164O17P2/c1-8-10-11-12-13-14-15-16-17-18-19-20-21-26-31-38-46-53-60-67-83(88)100-79(71-94-81(86)65-58-51-44-37-30-25-23-22-24-29-36-43-50-57-64-77(7)9-2)73-98-102(90,91)96-69-78(85)70-97-103(92,93)99-74-80(72-95-82(87)66-59-52-45-40-33-35-42-49-56-63-76(5)6)101-84(89)68-61-54-47-39-32-27-28-34-41-48-55-62-75(3)4/h75-80,85H,8-74H2,1-7H3,(H,90,91)(H,92,93)/t77?,78-,79-,80-/m1/s1. The van der Waals surface area contributed by atoms with Gasteiger partial charge in [-0.1, -0.05) is 389 Å². The first-order valence-electron chi connectivity index (χ1n) is 43.4. The third-order valence-electron chi connectivity index (χ3n) is 20.0. The summed E-state index contributed by atoms with van der Waals surface area (Å²) in [5.74, 6) is 0.252. The third-order valence-corrected chi connectivity index (χ3v) is 21.9. The van der Waals surface area contributed by atoms with Crippen molar-refractivity contribution in [1.29, 1.82) is 0 Å². The van der Waals surface area contributed by atoms with Crippen LogP contribution in [0, 0.1) is 17.8 Å². The fourth-order valence-corrected chi connectivity index (χ4v) is 14.6. The van der Waals surface area contributed by atoms with E-state index in [1.807, 2.05) is 0 Å². The number of unbranched alkanes of at least 4 members (excludes halogenated alkanes) is 49. The molecule has 0 heterocycles. The van der Waals surface area contributed by atoms with Gasteiger partial charge in [0.25, 0.3) is 0 Å². The highest BCUT2D eigenvalue weighted by molar-refractivity contribution is 7.47. The van der Waals surface area contributed by atoms with Gasteiger partial charge in [0, 0.05) is 25.7 Å². The zero-order valence-electron chi connectivity index (χ0n) is 67.8. The Morgan fingerprint density at radius 2 is 0.495 bits per heavy atom. The molecule has 0 saturated carbocycles. The number of carbonyl (C=O) groups is 4. The Bertz CT molecular complexity index is 1990. The molecule has 0 amide bonds. The number of ether oxygens (including phenoxy) is 4. The van der Waals surface area contributed by atoms with E-state index in [2.05, 4.69) is 48.5 Å². The van der Waals surface area contributed by atoms with E-state index in [0.717, 1.165) is 108 Å². The van der Waals surface area contributed by atoms with Crippen LogP contribution in [-0.2, 0) is 65.4 Å². The van der Waals surface area contributed by atoms with E-state index in [4.69, 9.17) is 37.0 Å². The Labute approximate surface area is 632 Å². The Morgan fingerprint density at radius 3 is 0.738 bits per heavy atom. The molecule has 0 fully saturated rings. The summed E-state index contributed by atoms with van der Waals surface area (Å²) in [6, 6.07) is 0. The Kier molecular flexibility index (Phi) is 72.8. The van der Waals surface area contributed by atoms with Gasteiger partial charge in [-0.15, -0.1) is 0 Å². The maximum Gasteiger partial charge on any atom is 0.472 e. The minimum Gasteiger partial charge on any atom is -0.462 e. The fourth-order valence-electron chi connectivity index (χ4n) is 13.0. The molecule has 0 bridgehead atoms.